The Morgan fingerprint density at radius 1 is 1.44 bits per heavy atom. The van der Waals surface area contributed by atoms with E-state index in [0.29, 0.717) is 10.2 Å². The fourth-order valence-electron chi connectivity index (χ4n) is 1.42. The zero-order valence-electron chi connectivity index (χ0n) is 9.64. The third-order valence-electron chi connectivity index (χ3n) is 2.18. The van der Waals surface area contributed by atoms with Gasteiger partial charge in [-0.1, -0.05) is 6.07 Å². The van der Waals surface area contributed by atoms with Gasteiger partial charge in [0.15, 0.2) is 6.04 Å². The van der Waals surface area contributed by atoms with Crippen LogP contribution < -0.4 is 10.1 Å². The quantitative estimate of drug-likeness (QED) is 0.926. The molecule has 1 rings (SSSR count). The van der Waals surface area contributed by atoms with Crippen LogP contribution in [0, 0.1) is 0 Å². The van der Waals surface area contributed by atoms with E-state index in [0.717, 1.165) is 6.92 Å². The van der Waals surface area contributed by atoms with Gasteiger partial charge in [-0.3, -0.25) is 4.79 Å². The van der Waals surface area contributed by atoms with Crippen molar-refractivity contribution >= 4 is 21.8 Å². The first-order chi connectivity index (χ1) is 8.25. The Hall–Kier alpha value is -1.24. The minimum absolute atomic E-state index is 0.0645. The van der Waals surface area contributed by atoms with Crippen molar-refractivity contribution in [2.75, 3.05) is 7.11 Å². The number of ether oxygens (including phenoxy) is 1. The lowest BCUT2D eigenvalue weighted by Crippen LogP contribution is -2.36. The van der Waals surface area contributed by atoms with E-state index in [4.69, 9.17) is 4.74 Å². The lowest BCUT2D eigenvalue weighted by molar-refractivity contribution is -0.162. The minimum atomic E-state index is -4.56. The van der Waals surface area contributed by atoms with Crippen LogP contribution in [0.5, 0.6) is 5.75 Å². The van der Waals surface area contributed by atoms with Crippen LogP contribution in [-0.2, 0) is 4.79 Å². The van der Waals surface area contributed by atoms with E-state index in [1.165, 1.54) is 25.3 Å². The molecule has 1 N–H and O–H groups in total. The molecule has 3 nitrogen and oxygen atoms in total. The van der Waals surface area contributed by atoms with Crippen molar-refractivity contribution in [1.82, 2.24) is 5.32 Å². The lowest BCUT2D eigenvalue weighted by atomic mass is 10.1. The van der Waals surface area contributed by atoms with E-state index < -0.39 is 18.1 Å². The molecule has 0 aliphatic rings. The van der Waals surface area contributed by atoms with Gasteiger partial charge >= 0.3 is 6.18 Å². The molecule has 0 aliphatic carbocycles. The molecule has 1 amide bonds. The number of rotatable bonds is 3. The summed E-state index contributed by atoms with van der Waals surface area (Å²) in [5.74, 6) is -0.327. The van der Waals surface area contributed by atoms with E-state index in [1.807, 2.05) is 5.32 Å². The molecule has 7 heteroatoms. The highest BCUT2D eigenvalue weighted by Crippen LogP contribution is 2.36. The number of halogens is 4. The largest absolute Gasteiger partial charge is 0.496 e. The van der Waals surface area contributed by atoms with Gasteiger partial charge in [0.05, 0.1) is 11.6 Å². The smallest absolute Gasteiger partial charge is 0.412 e. The Morgan fingerprint density at radius 3 is 2.44 bits per heavy atom. The number of benzene rings is 1. The van der Waals surface area contributed by atoms with Crippen molar-refractivity contribution in [2.24, 2.45) is 0 Å². The van der Waals surface area contributed by atoms with Crippen LogP contribution in [-0.4, -0.2) is 19.2 Å². The Morgan fingerprint density at radius 2 is 2.06 bits per heavy atom. The van der Waals surface area contributed by atoms with Crippen LogP contribution in [0.3, 0.4) is 0 Å². The summed E-state index contributed by atoms with van der Waals surface area (Å²) < 4.78 is 43.8. The molecule has 1 aromatic rings. The third-order valence-corrected chi connectivity index (χ3v) is 2.80. The third kappa shape index (κ3) is 3.63. The number of nitrogens with one attached hydrogen (secondary N) is 1. The summed E-state index contributed by atoms with van der Waals surface area (Å²) in [5, 5.41) is 1.88. The van der Waals surface area contributed by atoms with Crippen molar-refractivity contribution in [3.05, 3.63) is 28.2 Å². The molecule has 0 radical (unpaired) electrons. The van der Waals surface area contributed by atoms with Gasteiger partial charge < -0.3 is 10.1 Å². The average Bonchev–Trinajstić information content (AvgIpc) is 2.24. The maximum atomic E-state index is 12.8. The summed E-state index contributed by atoms with van der Waals surface area (Å²) in [6.07, 6.45) is -4.56. The van der Waals surface area contributed by atoms with E-state index in [-0.39, 0.29) is 5.56 Å². The molecule has 0 aromatic heterocycles. The molecular weight excluding hydrogens is 315 g/mol. The number of hydrogen-bond donors (Lipinski definition) is 1. The first-order valence-corrected chi connectivity index (χ1v) is 5.72. The van der Waals surface area contributed by atoms with Crippen LogP contribution in [0.25, 0.3) is 0 Å². The predicted molar refractivity (Wildman–Crippen MR) is 63.3 cm³/mol. The van der Waals surface area contributed by atoms with Crippen LogP contribution >= 0.6 is 15.9 Å². The first-order valence-electron chi connectivity index (χ1n) is 4.93. The number of carbonyl (C=O) groups is 1. The van der Waals surface area contributed by atoms with Gasteiger partial charge in [-0.15, -0.1) is 0 Å². The van der Waals surface area contributed by atoms with E-state index in [1.54, 1.807) is 0 Å². The van der Waals surface area contributed by atoms with Gasteiger partial charge in [0.25, 0.3) is 0 Å². The Bertz CT molecular complexity index is 448. The van der Waals surface area contributed by atoms with Crippen LogP contribution in [0.1, 0.15) is 18.5 Å². The van der Waals surface area contributed by atoms with E-state index in [2.05, 4.69) is 15.9 Å². The fourth-order valence-corrected chi connectivity index (χ4v) is 1.98. The molecule has 0 bridgehead atoms. The second-order valence-corrected chi connectivity index (χ2v) is 4.42. The molecule has 0 unspecified atom stereocenters. The molecule has 0 fully saturated rings. The second-order valence-electron chi connectivity index (χ2n) is 3.57. The first kappa shape index (κ1) is 14.8. The highest BCUT2D eigenvalue weighted by atomic mass is 79.9. The van der Waals surface area contributed by atoms with Crippen LogP contribution in [0.15, 0.2) is 22.7 Å². The van der Waals surface area contributed by atoms with E-state index >= 15 is 0 Å². The van der Waals surface area contributed by atoms with Gasteiger partial charge in [0.2, 0.25) is 5.91 Å². The maximum Gasteiger partial charge on any atom is 0.412 e. The molecule has 0 heterocycles. The molecule has 0 aliphatic heterocycles. The topological polar surface area (TPSA) is 38.3 Å². The van der Waals surface area contributed by atoms with Crippen molar-refractivity contribution in [2.45, 2.75) is 19.1 Å². The number of alkyl halides is 3. The van der Waals surface area contributed by atoms with Gasteiger partial charge in [-0.2, -0.15) is 13.2 Å². The van der Waals surface area contributed by atoms with Gasteiger partial charge in [0.1, 0.15) is 5.75 Å². The maximum absolute atomic E-state index is 12.8. The summed E-state index contributed by atoms with van der Waals surface area (Å²) >= 11 is 3.10. The van der Waals surface area contributed by atoms with Crippen LogP contribution in [0.4, 0.5) is 13.2 Å². The van der Waals surface area contributed by atoms with Crippen molar-refractivity contribution in [3.63, 3.8) is 0 Å². The molecule has 0 saturated heterocycles. The molecule has 0 spiro atoms. The average molecular weight is 326 g/mol. The molecule has 0 saturated carbocycles. The lowest BCUT2D eigenvalue weighted by Gasteiger charge is -2.21. The van der Waals surface area contributed by atoms with Gasteiger partial charge in [-0.05, 0) is 33.6 Å². The molecule has 1 aromatic carbocycles. The van der Waals surface area contributed by atoms with E-state index in [9.17, 15) is 18.0 Å². The highest BCUT2D eigenvalue weighted by Gasteiger charge is 2.41. The van der Waals surface area contributed by atoms with Gasteiger partial charge in [0, 0.05) is 6.92 Å². The Labute approximate surface area is 110 Å². The molecular formula is C11H11BrF3NO2. The number of hydrogen-bond acceptors (Lipinski definition) is 2. The summed E-state index contributed by atoms with van der Waals surface area (Å²) in [5.41, 5.74) is -0.0645. The Balaban J connectivity index is 3.13. The number of methoxy groups -OCH3 is 1. The summed E-state index contributed by atoms with van der Waals surface area (Å²) in [6.45, 7) is 1.04. The normalized spacial score (nSPS) is 13.0. The van der Waals surface area contributed by atoms with Crippen molar-refractivity contribution in [3.8, 4) is 5.75 Å². The monoisotopic (exact) mass is 325 g/mol. The number of carbonyl (C=O) groups excluding carboxylic acids is 1. The predicted octanol–water partition coefficient (Wildman–Crippen LogP) is 3.20. The fraction of sp³-hybridized carbons (Fsp3) is 0.364. The SMILES string of the molecule is COc1ccc([C@@H](NC(C)=O)C(F)(F)F)cc1Br. The molecule has 100 valence electrons. The second kappa shape index (κ2) is 5.60. The van der Waals surface area contributed by atoms with Crippen molar-refractivity contribution < 1.29 is 22.7 Å². The Kier molecular flexibility index (Phi) is 4.61. The minimum Gasteiger partial charge on any atom is -0.496 e. The summed E-state index contributed by atoms with van der Waals surface area (Å²) in [6, 6.07) is 1.90. The standard InChI is InChI=1S/C11H11BrF3NO2/c1-6(17)16-10(11(13,14)15)7-3-4-9(18-2)8(12)5-7/h3-5,10H,1-2H3,(H,16,17)/t10-/m1/s1. The summed E-state index contributed by atoms with van der Waals surface area (Å²) in [4.78, 5) is 10.8. The summed E-state index contributed by atoms with van der Waals surface area (Å²) in [7, 11) is 1.41. The van der Waals surface area contributed by atoms with Crippen molar-refractivity contribution in [1.29, 1.82) is 0 Å². The molecule has 1 atom stereocenters. The molecule has 18 heavy (non-hydrogen) atoms. The van der Waals surface area contributed by atoms with Crippen LogP contribution in [0.2, 0.25) is 0 Å². The number of amides is 1. The zero-order valence-corrected chi connectivity index (χ0v) is 11.2. The highest BCUT2D eigenvalue weighted by molar-refractivity contribution is 9.10. The zero-order chi connectivity index (χ0) is 13.9. The van der Waals surface area contributed by atoms with Gasteiger partial charge in [-0.25, -0.2) is 0 Å².